The monoisotopic (exact) mass is 244 g/mol. The quantitative estimate of drug-likeness (QED) is 0.623. The van der Waals surface area contributed by atoms with E-state index in [1.807, 2.05) is 0 Å². The third-order valence-electron chi connectivity index (χ3n) is 0.247. The van der Waals surface area contributed by atoms with E-state index in [-0.39, 0.29) is 0 Å². The van der Waals surface area contributed by atoms with Gasteiger partial charge in [0.25, 0.3) is 0 Å². The van der Waals surface area contributed by atoms with E-state index in [0.717, 1.165) is 0 Å². The molecule has 0 saturated heterocycles. The van der Waals surface area contributed by atoms with Gasteiger partial charge in [0, 0.05) is 0 Å². The average molecular weight is 247 g/mol. The third-order valence-corrected chi connectivity index (χ3v) is 2.77. The van der Waals surface area contributed by atoms with Gasteiger partial charge in [0.15, 0.2) is 4.84 Å². The molecule has 0 radical (unpaired) electrons. The van der Waals surface area contributed by atoms with Gasteiger partial charge in [-0.2, -0.15) is 0 Å². The summed E-state index contributed by atoms with van der Waals surface area (Å²) in [4.78, 5) is -0.809. The smallest absolute Gasteiger partial charge is 0.101 e. The highest BCUT2D eigenvalue weighted by molar-refractivity contribution is 9.11. The van der Waals surface area contributed by atoms with Crippen molar-refractivity contribution < 1.29 is 0 Å². The molecular weight excluding hydrogens is 246 g/mol. The molecule has 0 aromatic heterocycles. The number of hydrogen-bond acceptors (Lipinski definition) is 0. The second-order valence-electron chi connectivity index (χ2n) is 0.842. The molecule has 0 aliphatic heterocycles. The molecule has 0 bridgehead atoms. The molecule has 0 amide bonds. The van der Waals surface area contributed by atoms with E-state index in [0.29, 0.717) is 0 Å². The Kier molecular flexibility index (Phi) is 3.67. The van der Waals surface area contributed by atoms with Crippen molar-refractivity contribution in [3.8, 4) is 0 Å². The first kappa shape index (κ1) is 8.64. The number of hydrogen-bond donors (Lipinski definition) is 0. The normalized spacial score (nSPS) is 12.9. The zero-order chi connectivity index (χ0) is 6.08. The summed E-state index contributed by atoms with van der Waals surface area (Å²) in [7, 11) is 0. The minimum Gasteiger partial charge on any atom is -0.101 e. The van der Waals surface area contributed by atoms with E-state index in [4.69, 9.17) is 46.4 Å². The summed E-state index contributed by atoms with van der Waals surface area (Å²) in [6, 6.07) is 0. The van der Waals surface area contributed by atoms with Crippen LogP contribution < -0.4 is 0 Å². The first-order valence-electron chi connectivity index (χ1n) is 1.29. The van der Waals surface area contributed by atoms with Crippen LogP contribution in [0.5, 0.6) is 0 Å². The van der Waals surface area contributed by atoms with E-state index in [1.54, 1.807) is 0 Å². The van der Waals surface area contributed by atoms with E-state index in [2.05, 4.69) is 15.9 Å². The van der Waals surface area contributed by atoms with Gasteiger partial charge < -0.3 is 0 Å². The van der Waals surface area contributed by atoms with Gasteiger partial charge in [-0.3, -0.25) is 0 Å². The Morgan fingerprint density at radius 1 is 1.29 bits per heavy atom. The molecule has 0 aromatic rings. The van der Waals surface area contributed by atoms with Gasteiger partial charge in [0.2, 0.25) is 3.24 Å². The van der Waals surface area contributed by atoms with Crippen molar-refractivity contribution in [1.82, 2.24) is 0 Å². The highest BCUT2D eigenvalue weighted by Crippen LogP contribution is 2.37. The Morgan fingerprint density at radius 3 is 1.43 bits per heavy atom. The minimum absolute atomic E-state index is 0.809. The summed E-state index contributed by atoms with van der Waals surface area (Å²) in [6.07, 6.45) is 0. The molecule has 0 aliphatic rings. The first-order chi connectivity index (χ1) is 2.94. The lowest BCUT2D eigenvalue weighted by molar-refractivity contribution is 1.23. The summed E-state index contributed by atoms with van der Waals surface area (Å²) in [5, 5.41) is 0. The van der Waals surface area contributed by atoms with Gasteiger partial charge in [0.05, 0.1) is 0 Å². The lowest BCUT2D eigenvalue weighted by Crippen LogP contribution is -2.10. The summed E-state index contributed by atoms with van der Waals surface area (Å²) < 4.78 is -1.21. The molecule has 0 nitrogen and oxygen atoms in total. The molecule has 0 saturated carbocycles. The SMILES string of the molecule is ClC(Cl)C(Cl)(Cl)Br. The maximum absolute atomic E-state index is 5.29. The van der Waals surface area contributed by atoms with Crippen LogP contribution in [0.4, 0.5) is 0 Å². The van der Waals surface area contributed by atoms with Crippen LogP contribution in [0.2, 0.25) is 0 Å². The van der Waals surface area contributed by atoms with Crippen molar-refractivity contribution in [2.75, 3.05) is 0 Å². The molecule has 0 unspecified atom stereocenters. The fraction of sp³-hybridized carbons (Fsp3) is 1.00. The lowest BCUT2D eigenvalue weighted by atomic mass is 10.9. The summed E-state index contributed by atoms with van der Waals surface area (Å²) in [5.74, 6) is 0. The second kappa shape index (κ2) is 2.98. The lowest BCUT2D eigenvalue weighted by Gasteiger charge is -2.09. The summed E-state index contributed by atoms with van der Waals surface area (Å²) in [6.45, 7) is 0. The van der Waals surface area contributed by atoms with Crippen molar-refractivity contribution in [3.63, 3.8) is 0 Å². The number of rotatable bonds is 1. The predicted octanol–water partition coefficient (Wildman–Crippen LogP) is 3.32. The van der Waals surface area contributed by atoms with Crippen LogP contribution in [-0.4, -0.2) is 8.08 Å². The maximum Gasteiger partial charge on any atom is 0.201 e. The zero-order valence-electron chi connectivity index (χ0n) is 2.97. The van der Waals surface area contributed by atoms with E-state index >= 15 is 0 Å². The van der Waals surface area contributed by atoms with Crippen LogP contribution in [0.15, 0.2) is 0 Å². The van der Waals surface area contributed by atoms with Crippen molar-refractivity contribution in [2.24, 2.45) is 0 Å². The molecule has 7 heavy (non-hydrogen) atoms. The van der Waals surface area contributed by atoms with Gasteiger partial charge in [-0.05, 0) is 15.9 Å². The molecule has 0 aliphatic carbocycles. The molecule has 0 atom stereocenters. The van der Waals surface area contributed by atoms with Crippen LogP contribution in [0.25, 0.3) is 0 Å². The van der Waals surface area contributed by atoms with Gasteiger partial charge in [-0.15, -0.1) is 23.2 Å². The van der Waals surface area contributed by atoms with Crippen LogP contribution in [-0.2, 0) is 0 Å². The average Bonchev–Trinajstić information content (AvgIpc) is 1.31. The molecule has 0 aromatic carbocycles. The molecule has 0 fully saturated rings. The van der Waals surface area contributed by atoms with E-state index in [9.17, 15) is 0 Å². The molecule has 0 heterocycles. The topological polar surface area (TPSA) is 0 Å². The Labute approximate surface area is 70.2 Å². The third kappa shape index (κ3) is 4.16. The predicted molar refractivity (Wildman–Crippen MR) is 38.9 cm³/mol. The zero-order valence-corrected chi connectivity index (χ0v) is 7.58. The van der Waals surface area contributed by atoms with Crippen molar-refractivity contribution in [1.29, 1.82) is 0 Å². The molecular formula is C2HBrCl4. The Hall–Kier alpha value is 1.64. The minimum atomic E-state index is -1.21. The first-order valence-corrected chi connectivity index (χ1v) is 3.71. The molecule has 0 N–H and O–H groups in total. The Morgan fingerprint density at radius 2 is 1.43 bits per heavy atom. The standard InChI is InChI=1S/C2HBrCl4/c3-2(6,7)1(4)5/h1H. The summed E-state index contributed by atoms with van der Waals surface area (Å²) in [5.41, 5.74) is 0. The van der Waals surface area contributed by atoms with Crippen LogP contribution in [0.1, 0.15) is 0 Å². The van der Waals surface area contributed by atoms with Crippen LogP contribution >= 0.6 is 62.3 Å². The Bertz CT molecular complexity index is 55.2. The number of halogens is 5. The molecule has 0 rings (SSSR count). The van der Waals surface area contributed by atoms with Gasteiger partial charge in [0.1, 0.15) is 0 Å². The molecule has 44 valence electrons. The van der Waals surface area contributed by atoms with Gasteiger partial charge in [-0.25, -0.2) is 0 Å². The van der Waals surface area contributed by atoms with E-state index < -0.39 is 8.08 Å². The van der Waals surface area contributed by atoms with Gasteiger partial charge in [-0.1, -0.05) is 23.2 Å². The fourth-order valence-corrected chi connectivity index (χ4v) is 0. The number of alkyl halides is 5. The van der Waals surface area contributed by atoms with Gasteiger partial charge >= 0.3 is 0 Å². The fourth-order valence-electron chi connectivity index (χ4n) is 0. The molecule has 0 spiro atoms. The Balaban J connectivity index is 3.54. The highest BCUT2D eigenvalue weighted by Gasteiger charge is 2.27. The molecule has 5 heteroatoms. The van der Waals surface area contributed by atoms with Crippen molar-refractivity contribution in [2.45, 2.75) is 8.08 Å². The summed E-state index contributed by atoms with van der Waals surface area (Å²) >= 11 is 23.8. The van der Waals surface area contributed by atoms with Crippen molar-refractivity contribution >= 4 is 62.3 Å². The van der Waals surface area contributed by atoms with Crippen LogP contribution in [0.3, 0.4) is 0 Å². The largest absolute Gasteiger partial charge is 0.201 e. The van der Waals surface area contributed by atoms with Crippen molar-refractivity contribution in [3.05, 3.63) is 0 Å². The highest BCUT2D eigenvalue weighted by atomic mass is 79.9. The van der Waals surface area contributed by atoms with Crippen LogP contribution in [0, 0.1) is 0 Å². The van der Waals surface area contributed by atoms with E-state index in [1.165, 1.54) is 0 Å². The maximum atomic E-state index is 5.29. The second-order valence-corrected chi connectivity index (χ2v) is 5.49.